The topological polar surface area (TPSA) is 81.6 Å². The third-order valence-electron chi connectivity index (χ3n) is 2.45. The second-order valence-corrected chi connectivity index (χ2v) is 3.61. The summed E-state index contributed by atoms with van der Waals surface area (Å²) in [5.74, 6) is 0.276. The van der Waals surface area contributed by atoms with Gasteiger partial charge in [0.1, 0.15) is 5.82 Å². The van der Waals surface area contributed by atoms with Gasteiger partial charge in [0.25, 0.3) is 0 Å². The lowest BCUT2D eigenvalue weighted by Crippen LogP contribution is -2.09. The molecule has 6 nitrogen and oxygen atoms in total. The summed E-state index contributed by atoms with van der Waals surface area (Å²) in [5.41, 5.74) is 7.23. The van der Waals surface area contributed by atoms with Crippen LogP contribution in [0.25, 0.3) is 5.52 Å². The van der Waals surface area contributed by atoms with E-state index in [1.807, 2.05) is 11.4 Å². The second kappa shape index (κ2) is 4.42. The lowest BCUT2D eigenvalue weighted by Gasteiger charge is -2.00. The van der Waals surface area contributed by atoms with Gasteiger partial charge in [-0.15, -0.1) is 0 Å². The van der Waals surface area contributed by atoms with Crippen molar-refractivity contribution in [2.75, 3.05) is 19.9 Å². The van der Waals surface area contributed by atoms with Crippen LogP contribution in [-0.4, -0.2) is 29.5 Å². The van der Waals surface area contributed by atoms with Crippen LogP contribution < -0.4 is 11.1 Å². The summed E-state index contributed by atoms with van der Waals surface area (Å²) in [7, 11) is 3.15. The Morgan fingerprint density at radius 3 is 3.06 bits per heavy atom. The van der Waals surface area contributed by atoms with Crippen molar-refractivity contribution in [3.05, 3.63) is 29.8 Å². The van der Waals surface area contributed by atoms with Gasteiger partial charge in [-0.1, -0.05) is 0 Å². The van der Waals surface area contributed by atoms with Crippen LogP contribution in [0.15, 0.2) is 18.3 Å². The molecule has 2 aromatic rings. The van der Waals surface area contributed by atoms with Crippen molar-refractivity contribution in [2.24, 2.45) is 0 Å². The number of carbonyl (C=O) groups excluding carboxylic acids is 1. The first-order chi connectivity index (χ1) is 8.17. The predicted molar refractivity (Wildman–Crippen MR) is 63.7 cm³/mol. The smallest absolute Gasteiger partial charge is 0.358 e. The molecule has 0 aliphatic heterocycles. The van der Waals surface area contributed by atoms with Crippen molar-refractivity contribution in [3.63, 3.8) is 0 Å². The molecular weight excluding hydrogens is 220 g/mol. The minimum atomic E-state index is -0.463. The van der Waals surface area contributed by atoms with E-state index < -0.39 is 5.97 Å². The molecule has 0 spiro atoms. The zero-order valence-corrected chi connectivity index (χ0v) is 9.73. The Kier molecular flexibility index (Phi) is 2.97. The van der Waals surface area contributed by atoms with Gasteiger partial charge < -0.3 is 20.2 Å². The number of pyridine rings is 1. The monoisotopic (exact) mass is 234 g/mol. The maximum atomic E-state index is 11.6. The highest BCUT2D eigenvalue weighted by Crippen LogP contribution is 2.17. The number of aromatic nitrogens is 2. The van der Waals surface area contributed by atoms with Gasteiger partial charge in [0, 0.05) is 11.9 Å². The van der Waals surface area contributed by atoms with E-state index >= 15 is 0 Å². The Labute approximate surface area is 98.4 Å². The third-order valence-corrected chi connectivity index (χ3v) is 2.45. The summed E-state index contributed by atoms with van der Waals surface area (Å²) in [6.45, 7) is 0.558. The maximum Gasteiger partial charge on any atom is 0.358 e. The average Bonchev–Trinajstić information content (AvgIpc) is 2.67. The number of methoxy groups -OCH3 is 1. The molecule has 6 heteroatoms. The Morgan fingerprint density at radius 1 is 1.65 bits per heavy atom. The highest BCUT2D eigenvalue weighted by Gasteiger charge is 2.17. The first kappa shape index (κ1) is 11.4. The van der Waals surface area contributed by atoms with Gasteiger partial charge in [-0.3, -0.25) is 0 Å². The van der Waals surface area contributed by atoms with E-state index in [0.717, 1.165) is 5.82 Å². The van der Waals surface area contributed by atoms with E-state index in [1.165, 1.54) is 7.11 Å². The van der Waals surface area contributed by atoms with Crippen LogP contribution in [0.4, 0.5) is 5.69 Å². The number of nitrogens with two attached hydrogens (primary N) is 1. The van der Waals surface area contributed by atoms with Crippen LogP contribution in [0.3, 0.4) is 0 Å². The average molecular weight is 234 g/mol. The summed E-state index contributed by atoms with van der Waals surface area (Å²) < 4.78 is 6.52. The molecule has 0 aliphatic carbocycles. The molecule has 17 heavy (non-hydrogen) atoms. The van der Waals surface area contributed by atoms with E-state index in [1.54, 1.807) is 18.3 Å². The molecule has 0 aliphatic rings. The Morgan fingerprint density at radius 2 is 2.41 bits per heavy atom. The molecule has 0 radical (unpaired) electrons. The largest absolute Gasteiger partial charge is 0.464 e. The molecule has 2 rings (SSSR count). The molecule has 0 amide bonds. The number of hydrogen-bond acceptors (Lipinski definition) is 5. The van der Waals surface area contributed by atoms with E-state index in [9.17, 15) is 4.79 Å². The lowest BCUT2D eigenvalue weighted by molar-refractivity contribution is 0.0597. The van der Waals surface area contributed by atoms with E-state index in [2.05, 4.69) is 10.3 Å². The Bertz CT molecular complexity index is 562. The minimum absolute atomic E-state index is 0.282. The zero-order valence-electron chi connectivity index (χ0n) is 9.73. The van der Waals surface area contributed by atoms with Crippen molar-refractivity contribution in [1.82, 2.24) is 14.7 Å². The molecule has 0 unspecified atom stereocenters. The normalized spacial score (nSPS) is 10.7. The number of fused-ring (bicyclic) bond motifs is 1. The number of anilines is 1. The highest BCUT2D eigenvalue weighted by molar-refractivity contribution is 5.95. The Hall–Kier alpha value is -2.08. The van der Waals surface area contributed by atoms with E-state index in [4.69, 9.17) is 10.5 Å². The standard InChI is InChI=1S/C11H14N4O2/c1-13-6-9-14-10(11(16)17-2)8-5-7(12)3-4-15(8)9/h3-5,13H,6,12H2,1-2H3. The first-order valence-corrected chi connectivity index (χ1v) is 5.16. The maximum absolute atomic E-state index is 11.6. The van der Waals surface area contributed by atoms with Gasteiger partial charge in [-0.25, -0.2) is 9.78 Å². The van der Waals surface area contributed by atoms with Crippen LogP contribution in [0.2, 0.25) is 0 Å². The first-order valence-electron chi connectivity index (χ1n) is 5.16. The number of hydrogen-bond donors (Lipinski definition) is 2. The molecule has 2 aromatic heterocycles. The van der Waals surface area contributed by atoms with Gasteiger partial charge in [-0.2, -0.15) is 0 Å². The minimum Gasteiger partial charge on any atom is -0.464 e. The fraction of sp³-hybridized carbons (Fsp3) is 0.273. The van der Waals surface area contributed by atoms with Crippen molar-refractivity contribution >= 4 is 17.2 Å². The van der Waals surface area contributed by atoms with E-state index in [-0.39, 0.29) is 5.69 Å². The lowest BCUT2D eigenvalue weighted by atomic mass is 10.3. The Balaban J connectivity index is 2.66. The van der Waals surface area contributed by atoms with Crippen LogP contribution in [0, 0.1) is 0 Å². The highest BCUT2D eigenvalue weighted by atomic mass is 16.5. The summed E-state index contributed by atoms with van der Waals surface area (Å²) >= 11 is 0. The number of esters is 1. The third kappa shape index (κ3) is 1.94. The molecule has 0 atom stereocenters. The summed E-state index contributed by atoms with van der Waals surface area (Å²) in [4.78, 5) is 15.9. The van der Waals surface area contributed by atoms with E-state index in [0.29, 0.717) is 17.7 Å². The molecule has 90 valence electrons. The second-order valence-electron chi connectivity index (χ2n) is 3.61. The number of carbonyl (C=O) groups is 1. The van der Waals surface area contributed by atoms with Gasteiger partial charge in [0.05, 0.1) is 19.2 Å². The SMILES string of the molecule is CNCc1nc(C(=O)OC)c2cc(N)ccn12. The fourth-order valence-electron chi connectivity index (χ4n) is 1.69. The molecule has 0 saturated heterocycles. The van der Waals surface area contributed by atoms with Crippen LogP contribution >= 0.6 is 0 Å². The quantitative estimate of drug-likeness (QED) is 0.752. The summed E-state index contributed by atoms with van der Waals surface area (Å²) in [6, 6.07) is 3.47. The molecule has 0 fully saturated rings. The van der Waals surface area contributed by atoms with Crippen LogP contribution in [-0.2, 0) is 11.3 Å². The van der Waals surface area contributed by atoms with Crippen molar-refractivity contribution in [3.8, 4) is 0 Å². The number of ether oxygens (including phenoxy) is 1. The van der Waals surface area contributed by atoms with Crippen LogP contribution in [0.5, 0.6) is 0 Å². The fourth-order valence-corrected chi connectivity index (χ4v) is 1.69. The summed E-state index contributed by atoms with van der Waals surface area (Å²) in [6.07, 6.45) is 1.79. The molecule has 3 N–H and O–H groups in total. The van der Waals surface area contributed by atoms with Gasteiger partial charge in [0.15, 0.2) is 5.69 Å². The van der Waals surface area contributed by atoms with Crippen molar-refractivity contribution in [2.45, 2.75) is 6.54 Å². The number of imidazole rings is 1. The number of rotatable bonds is 3. The van der Waals surface area contributed by atoms with Gasteiger partial charge in [-0.05, 0) is 19.2 Å². The number of nitrogens with one attached hydrogen (secondary N) is 1. The van der Waals surface area contributed by atoms with Gasteiger partial charge >= 0.3 is 5.97 Å². The molecule has 2 heterocycles. The van der Waals surface area contributed by atoms with Crippen molar-refractivity contribution < 1.29 is 9.53 Å². The predicted octanol–water partition coefficient (Wildman–Crippen LogP) is 0.422. The van der Waals surface area contributed by atoms with Crippen molar-refractivity contribution in [1.29, 1.82) is 0 Å². The number of nitrogens with zero attached hydrogens (tertiary/aromatic N) is 2. The van der Waals surface area contributed by atoms with Gasteiger partial charge in [0.2, 0.25) is 0 Å². The molecule has 0 saturated carbocycles. The number of nitrogen functional groups attached to an aromatic ring is 1. The molecule has 0 aromatic carbocycles. The van der Waals surface area contributed by atoms with Crippen LogP contribution in [0.1, 0.15) is 16.3 Å². The molecule has 0 bridgehead atoms. The zero-order chi connectivity index (χ0) is 12.4. The molecular formula is C11H14N4O2. The summed E-state index contributed by atoms with van der Waals surface area (Å²) in [5, 5.41) is 2.99.